The highest BCUT2D eigenvalue weighted by Gasteiger charge is 2.43. The molecule has 3 aromatic rings. The van der Waals surface area contributed by atoms with Gasteiger partial charge in [-0.2, -0.15) is 26.3 Å². The molecule has 0 atom stereocenters. The summed E-state index contributed by atoms with van der Waals surface area (Å²) in [6, 6.07) is 4.60. The van der Waals surface area contributed by atoms with Gasteiger partial charge < -0.3 is 10.0 Å². The number of hydrogen-bond donors (Lipinski definition) is 1. The number of nitrogens with zero attached hydrogens (tertiary/aromatic N) is 5. The largest absolute Gasteiger partial charge is 0.416 e. The van der Waals surface area contributed by atoms with Crippen molar-refractivity contribution >= 4 is 12.1 Å². The molecular weight excluding hydrogens is 480 g/mol. The lowest BCUT2D eigenvalue weighted by Gasteiger charge is -2.46. The molecule has 184 valence electrons. The van der Waals surface area contributed by atoms with E-state index in [0.717, 1.165) is 28.8 Å². The van der Waals surface area contributed by atoms with Gasteiger partial charge in [0.1, 0.15) is 11.9 Å². The second-order valence-electron chi connectivity index (χ2n) is 8.12. The second-order valence-corrected chi connectivity index (χ2v) is 8.12. The van der Waals surface area contributed by atoms with Crippen LogP contribution in [0, 0.1) is 0 Å². The molecule has 0 spiro atoms. The van der Waals surface area contributed by atoms with Crippen molar-refractivity contribution in [3.63, 3.8) is 0 Å². The van der Waals surface area contributed by atoms with Crippen LogP contribution in [0.2, 0.25) is 0 Å². The molecule has 2 aromatic heterocycles. The van der Waals surface area contributed by atoms with Gasteiger partial charge in [-0.3, -0.25) is 9.78 Å². The first-order valence-corrected chi connectivity index (χ1v) is 10.1. The van der Waals surface area contributed by atoms with E-state index in [1.165, 1.54) is 4.90 Å². The Morgan fingerprint density at radius 3 is 2.31 bits per heavy atom. The Morgan fingerprint density at radius 1 is 1.09 bits per heavy atom. The molecule has 1 saturated heterocycles. The van der Waals surface area contributed by atoms with E-state index in [1.54, 1.807) is 24.5 Å². The molecule has 4 rings (SSSR count). The van der Waals surface area contributed by atoms with E-state index in [0.29, 0.717) is 18.6 Å². The van der Waals surface area contributed by atoms with Crippen LogP contribution in [-0.2, 0) is 23.6 Å². The van der Waals surface area contributed by atoms with Crippen LogP contribution < -0.4 is 0 Å². The van der Waals surface area contributed by atoms with Gasteiger partial charge in [0.2, 0.25) is 5.91 Å². The lowest BCUT2D eigenvalue weighted by atomic mass is 9.87. The van der Waals surface area contributed by atoms with Gasteiger partial charge in [-0.1, -0.05) is 6.07 Å². The molecule has 1 amide bonds. The van der Waals surface area contributed by atoms with Crippen molar-refractivity contribution in [1.82, 2.24) is 24.6 Å². The third-order valence-corrected chi connectivity index (χ3v) is 5.26. The number of alkyl halides is 6. The average molecular weight is 497 g/mol. The van der Waals surface area contributed by atoms with E-state index in [1.807, 2.05) is 0 Å². The Kier molecular flexibility index (Phi) is 6.13. The molecule has 0 saturated carbocycles. The fourth-order valence-corrected chi connectivity index (χ4v) is 3.62. The maximum Gasteiger partial charge on any atom is 0.416 e. The van der Waals surface area contributed by atoms with Gasteiger partial charge in [0, 0.05) is 36.7 Å². The lowest BCUT2D eigenvalue weighted by Crippen LogP contribution is -2.64. The number of hydrogen-bond acceptors (Lipinski definition) is 5. The first-order chi connectivity index (χ1) is 16.3. The Morgan fingerprint density at radius 2 is 1.74 bits per heavy atom. The van der Waals surface area contributed by atoms with Crippen molar-refractivity contribution in [1.29, 1.82) is 0 Å². The number of likely N-dealkylation sites (tertiary alicyclic amines) is 1. The van der Waals surface area contributed by atoms with Gasteiger partial charge in [0.25, 0.3) is 0 Å². The van der Waals surface area contributed by atoms with E-state index in [9.17, 15) is 36.2 Å². The Hall–Kier alpha value is -3.74. The quantitative estimate of drug-likeness (QED) is 0.430. The lowest BCUT2D eigenvalue weighted by molar-refractivity contribution is -0.149. The number of halogens is 6. The topological polar surface area (TPSA) is 84.1 Å². The molecule has 1 N–H and O–H groups in total. The summed E-state index contributed by atoms with van der Waals surface area (Å²) in [7, 11) is 0. The second kappa shape index (κ2) is 8.80. The van der Waals surface area contributed by atoms with Crippen molar-refractivity contribution in [2.75, 3.05) is 13.1 Å². The van der Waals surface area contributed by atoms with Gasteiger partial charge in [0.05, 0.1) is 24.2 Å². The number of amides is 1. The van der Waals surface area contributed by atoms with E-state index >= 15 is 0 Å². The van der Waals surface area contributed by atoms with Gasteiger partial charge in [-0.05, 0) is 29.8 Å². The highest BCUT2D eigenvalue weighted by molar-refractivity contribution is 5.91. The van der Waals surface area contributed by atoms with Crippen LogP contribution in [0.3, 0.4) is 0 Å². The number of aromatic nitrogens is 4. The fourth-order valence-electron chi connectivity index (χ4n) is 3.62. The van der Waals surface area contributed by atoms with Crippen LogP contribution in [0.25, 0.3) is 17.6 Å². The summed E-state index contributed by atoms with van der Waals surface area (Å²) >= 11 is 0. The van der Waals surface area contributed by atoms with Gasteiger partial charge in [-0.15, -0.1) is 5.10 Å². The normalized spacial score (nSPS) is 15.9. The summed E-state index contributed by atoms with van der Waals surface area (Å²) in [4.78, 5) is 21.4. The number of carbonyl (C=O) groups is 1. The minimum atomic E-state index is -5.00. The van der Waals surface area contributed by atoms with Crippen LogP contribution in [0.4, 0.5) is 26.3 Å². The molecule has 7 nitrogen and oxygen atoms in total. The maximum absolute atomic E-state index is 13.1. The predicted molar refractivity (Wildman–Crippen MR) is 110 cm³/mol. The average Bonchev–Trinajstić information content (AvgIpc) is 3.24. The Bertz CT molecular complexity index is 1210. The molecule has 3 heterocycles. The number of carbonyl (C=O) groups excluding carboxylic acids is 1. The first kappa shape index (κ1) is 24.4. The van der Waals surface area contributed by atoms with Gasteiger partial charge in [-0.25, -0.2) is 9.67 Å². The number of pyridine rings is 1. The molecule has 1 aliphatic rings. The third kappa shape index (κ3) is 5.67. The molecule has 1 aliphatic heterocycles. The Labute approximate surface area is 194 Å². The summed E-state index contributed by atoms with van der Waals surface area (Å²) in [5, 5.41) is 14.4. The smallest absolute Gasteiger partial charge is 0.386 e. The minimum Gasteiger partial charge on any atom is -0.386 e. The standard InChI is InChI=1S/C22H17F6N5O2/c23-21(24,25)16-6-15(7-17(8-16)22(26,27)28)19-30-13-33(31-19)5-3-18(34)32-11-20(35,12-32)9-14-2-1-4-29-10-14/h1-8,10,13,35H,9,11-12H2. The molecule has 0 unspecified atom stereocenters. The number of rotatable bonds is 5. The van der Waals surface area contributed by atoms with Gasteiger partial charge >= 0.3 is 12.4 Å². The molecular formula is C22H17F6N5O2. The zero-order valence-electron chi connectivity index (χ0n) is 17.8. The SMILES string of the molecule is O=C(C=Cn1cnc(-c2cc(C(F)(F)F)cc(C(F)(F)F)c2)n1)N1CC(O)(Cc2cccnc2)C1. The monoisotopic (exact) mass is 497 g/mol. The summed E-state index contributed by atoms with van der Waals surface area (Å²) in [6.45, 7) is 0.163. The van der Waals surface area contributed by atoms with Crippen LogP contribution in [-0.4, -0.2) is 54.4 Å². The van der Waals surface area contributed by atoms with E-state index in [2.05, 4.69) is 15.1 Å². The highest BCUT2D eigenvalue weighted by Crippen LogP contribution is 2.38. The van der Waals surface area contributed by atoms with Gasteiger partial charge in [0.15, 0.2) is 5.82 Å². The Balaban J connectivity index is 1.44. The van der Waals surface area contributed by atoms with Crippen molar-refractivity contribution in [3.05, 3.63) is 71.8 Å². The summed E-state index contributed by atoms with van der Waals surface area (Å²) in [5.41, 5.74) is -3.72. The number of benzene rings is 1. The molecule has 1 fully saturated rings. The van der Waals surface area contributed by atoms with Crippen LogP contribution in [0.5, 0.6) is 0 Å². The van der Waals surface area contributed by atoms with E-state index < -0.39 is 40.6 Å². The fraction of sp³-hybridized carbons (Fsp3) is 0.273. The number of β-amino-alcohol motifs (C(OH)–C–C–N with tert-alkyl or cyclic N) is 1. The molecule has 35 heavy (non-hydrogen) atoms. The van der Waals surface area contributed by atoms with E-state index in [4.69, 9.17) is 0 Å². The maximum atomic E-state index is 13.1. The number of aliphatic hydroxyl groups is 1. The zero-order chi connectivity index (χ0) is 25.4. The van der Waals surface area contributed by atoms with Crippen molar-refractivity contribution in [2.45, 2.75) is 24.4 Å². The van der Waals surface area contributed by atoms with Crippen LogP contribution >= 0.6 is 0 Å². The first-order valence-electron chi connectivity index (χ1n) is 10.1. The van der Waals surface area contributed by atoms with Crippen LogP contribution in [0.1, 0.15) is 16.7 Å². The minimum absolute atomic E-state index is 0.0155. The summed E-state index contributed by atoms with van der Waals surface area (Å²) in [5.74, 6) is -0.843. The van der Waals surface area contributed by atoms with Crippen LogP contribution in [0.15, 0.2) is 55.1 Å². The van der Waals surface area contributed by atoms with Crippen molar-refractivity contribution < 1.29 is 36.2 Å². The van der Waals surface area contributed by atoms with Crippen molar-refractivity contribution in [2.24, 2.45) is 0 Å². The molecule has 0 aliphatic carbocycles. The van der Waals surface area contributed by atoms with E-state index in [-0.39, 0.29) is 25.0 Å². The molecule has 0 radical (unpaired) electrons. The molecule has 13 heteroatoms. The summed E-state index contributed by atoms with van der Waals surface area (Å²) in [6.07, 6.45) is -3.15. The van der Waals surface area contributed by atoms with Crippen molar-refractivity contribution in [3.8, 4) is 11.4 Å². The zero-order valence-corrected chi connectivity index (χ0v) is 17.8. The molecule has 1 aromatic carbocycles. The highest BCUT2D eigenvalue weighted by atomic mass is 19.4. The third-order valence-electron chi connectivity index (χ3n) is 5.26. The predicted octanol–water partition coefficient (Wildman–Crippen LogP) is 3.66. The molecule has 0 bridgehead atoms. The summed E-state index contributed by atoms with van der Waals surface area (Å²) < 4.78 is 79.4.